The van der Waals surface area contributed by atoms with Crippen molar-refractivity contribution >= 4 is 56.3 Å². The number of halogens is 1. The number of carbonyl (C=O) groups is 1. The molecule has 0 bridgehead atoms. The highest BCUT2D eigenvalue weighted by molar-refractivity contribution is 9.10. The number of benzene rings is 2. The third kappa shape index (κ3) is 7.18. The van der Waals surface area contributed by atoms with E-state index in [1.807, 2.05) is 19.1 Å². The largest absolute Gasteiger partial charge is 0.490 e. The number of ether oxygens (including phenoxy) is 2. The van der Waals surface area contributed by atoms with Crippen LogP contribution >= 0.6 is 39.0 Å². The number of hydrogen-bond acceptors (Lipinski definition) is 9. The molecule has 0 saturated carbocycles. The predicted octanol–water partition coefficient (Wildman–Crippen LogP) is 5.03. The lowest BCUT2D eigenvalue weighted by atomic mass is 10.0. The molecule has 3 aromatic rings. The van der Waals surface area contributed by atoms with Gasteiger partial charge in [0.1, 0.15) is 6.61 Å². The van der Waals surface area contributed by atoms with E-state index in [1.54, 1.807) is 6.21 Å². The van der Waals surface area contributed by atoms with E-state index in [0.717, 1.165) is 15.6 Å². The van der Waals surface area contributed by atoms with Crippen LogP contribution in [-0.4, -0.2) is 34.7 Å². The summed E-state index contributed by atoms with van der Waals surface area (Å²) < 4.78 is 13.3. The number of nitrogens with one attached hydrogen (secondary N) is 1. The zero-order valence-electron chi connectivity index (χ0n) is 19.3. The van der Waals surface area contributed by atoms with Crippen molar-refractivity contribution in [3.8, 4) is 11.5 Å². The SMILES string of the molecule is CCOc1cc(C=NNC(=O)CSc2nnc(N)s2)cc(Br)c1OCc1cc(C)c(C)cc1C. The molecule has 0 aliphatic heterocycles. The molecule has 3 N–H and O–H groups in total. The summed E-state index contributed by atoms with van der Waals surface area (Å²) in [5.41, 5.74) is 13.6. The Morgan fingerprint density at radius 2 is 1.94 bits per heavy atom. The number of rotatable bonds is 10. The van der Waals surface area contributed by atoms with Crippen LogP contribution in [0.5, 0.6) is 11.5 Å². The Balaban J connectivity index is 1.65. The van der Waals surface area contributed by atoms with Gasteiger partial charge in [0.15, 0.2) is 15.8 Å². The first-order chi connectivity index (χ1) is 16.3. The van der Waals surface area contributed by atoms with Crippen molar-refractivity contribution in [1.82, 2.24) is 15.6 Å². The normalized spacial score (nSPS) is 11.1. The van der Waals surface area contributed by atoms with E-state index in [0.29, 0.717) is 34.2 Å². The molecule has 2 aromatic carbocycles. The summed E-state index contributed by atoms with van der Waals surface area (Å²) in [6.07, 6.45) is 1.55. The van der Waals surface area contributed by atoms with Crippen molar-refractivity contribution in [3.05, 3.63) is 56.6 Å². The maximum absolute atomic E-state index is 12.0. The number of amides is 1. The van der Waals surface area contributed by atoms with E-state index in [2.05, 4.69) is 69.6 Å². The number of nitrogens with two attached hydrogens (primary N) is 1. The molecule has 11 heteroatoms. The van der Waals surface area contributed by atoms with Crippen molar-refractivity contribution in [2.45, 2.75) is 38.6 Å². The van der Waals surface area contributed by atoms with Gasteiger partial charge in [-0.15, -0.1) is 10.2 Å². The second-order valence-electron chi connectivity index (χ2n) is 7.40. The van der Waals surface area contributed by atoms with Gasteiger partial charge in [-0.1, -0.05) is 35.2 Å². The van der Waals surface area contributed by atoms with Gasteiger partial charge in [-0.2, -0.15) is 5.10 Å². The summed E-state index contributed by atoms with van der Waals surface area (Å²) in [7, 11) is 0. The highest BCUT2D eigenvalue weighted by atomic mass is 79.9. The second kappa shape index (κ2) is 12.2. The van der Waals surface area contributed by atoms with Crippen LogP contribution in [0.25, 0.3) is 0 Å². The van der Waals surface area contributed by atoms with Crippen molar-refractivity contribution < 1.29 is 14.3 Å². The monoisotopic (exact) mass is 563 g/mol. The summed E-state index contributed by atoms with van der Waals surface area (Å²) in [4.78, 5) is 12.0. The Kier molecular flexibility index (Phi) is 9.31. The van der Waals surface area contributed by atoms with Crippen LogP contribution in [0.3, 0.4) is 0 Å². The van der Waals surface area contributed by atoms with Crippen LogP contribution in [-0.2, 0) is 11.4 Å². The standard InChI is InChI=1S/C23H26BrN5O3S2/c1-5-31-19-9-16(10-26-27-20(30)12-33-23-29-28-22(25)34-23)8-18(24)21(19)32-11-17-7-14(3)13(2)6-15(17)4/h6-10H,5,11-12H2,1-4H3,(H2,25,28)(H,27,30). The molecule has 180 valence electrons. The molecule has 0 saturated heterocycles. The van der Waals surface area contributed by atoms with Gasteiger partial charge >= 0.3 is 0 Å². The Morgan fingerprint density at radius 3 is 2.65 bits per heavy atom. The molecule has 3 rings (SSSR count). The fourth-order valence-corrected chi connectivity index (χ4v) is 5.01. The number of hydrogen-bond donors (Lipinski definition) is 2. The molecule has 0 radical (unpaired) electrons. The Hall–Kier alpha value is -2.63. The molecule has 0 atom stereocenters. The van der Waals surface area contributed by atoms with Crippen LogP contribution < -0.4 is 20.6 Å². The number of carbonyl (C=O) groups excluding carboxylic acids is 1. The van der Waals surface area contributed by atoms with Crippen molar-refractivity contribution in [2.24, 2.45) is 5.10 Å². The first-order valence-electron chi connectivity index (χ1n) is 10.5. The number of hydrazone groups is 1. The molecule has 0 unspecified atom stereocenters. The summed E-state index contributed by atoms with van der Waals surface area (Å²) in [5, 5.41) is 12.0. The molecule has 0 spiro atoms. The first kappa shape index (κ1) is 26.0. The zero-order chi connectivity index (χ0) is 24.7. The molecule has 0 aliphatic carbocycles. The summed E-state index contributed by atoms with van der Waals surface area (Å²) in [6, 6.07) is 8.01. The van der Waals surface area contributed by atoms with Gasteiger partial charge in [0.25, 0.3) is 5.91 Å². The van der Waals surface area contributed by atoms with E-state index in [9.17, 15) is 4.79 Å². The Labute approximate surface area is 215 Å². The summed E-state index contributed by atoms with van der Waals surface area (Å²) >= 11 is 6.06. The van der Waals surface area contributed by atoms with Crippen molar-refractivity contribution in [1.29, 1.82) is 0 Å². The quantitative estimate of drug-likeness (QED) is 0.202. The first-order valence-corrected chi connectivity index (χ1v) is 13.1. The van der Waals surface area contributed by atoms with Gasteiger partial charge in [0.05, 0.1) is 23.0 Å². The highest BCUT2D eigenvalue weighted by Crippen LogP contribution is 2.37. The number of aromatic nitrogens is 2. The minimum atomic E-state index is -0.261. The summed E-state index contributed by atoms with van der Waals surface area (Å²) in [6.45, 7) is 9.10. The van der Waals surface area contributed by atoms with Crippen LogP contribution in [0.1, 0.15) is 34.7 Å². The number of aryl methyl sites for hydroxylation is 3. The topological polar surface area (TPSA) is 112 Å². The number of nitrogen functional groups attached to an aromatic ring is 1. The van der Waals surface area contributed by atoms with Crippen LogP contribution in [0, 0.1) is 20.8 Å². The third-order valence-corrected chi connectivity index (χ3v) is 7.28. The second-order valence-corrected chi connectivity index (χ2v) is 10.5. The van der Waals surface area contributed by atoms with Crippen LogP contribution in [0.4, 0.5) is 5.13 Å². The number of thioether (sulfide) groups is 1. The maximum atomic E-state index is 12.0. The van der Waals surface area contributed by atoms with E-state index < -0.39 is 0 Å². The highest BCUT2D eigenvalue weighted by Gasteiger charge is 2.13. The average molecular weight is 565 g/mol. The molecule has 0 aliphatic rings. The predicted molar refractivity (Wildman–Crippen MR) is 141 cm³/mol. The minimum Gasteiger partial charge on any atom is -0.490 e. The average Bonchev–Trinajstić information content (AvgIpc) is 3.20. The fourth-order valence-electron chi connectivity index (χ4n) is 3.01. The molecule has 1 amide bonds. The van der Waals surface area contributed by atoms with Crippen molar-refractivity contribution in [2.75, 3.05) is 18.1 Å². The third-order valence-electron chi connectivity index (χ3n) is 4.81. The lowest BCUT2D eigenvalue weighted by molar-refractivity contribution is -0.118. The van der Waals surface area contributed by atoms with Gasteiger partial charge in [0.2, 0.25) is 5.13 Å². The van der Waals surface area contributed by atoms with Gasteiger partial charge < -0.3 is 15.2 Å². The maximum Gasteiger partial charge on any atom is 0.250 e. The van der Waals surface area contributed by atoms with Gasteiger partial charge in [-0.3, -0.25) is 4.79 Å². The van der Waals surface area contributed by atoms with Gasteiger partial charge in [0, 0.05) is 0 Å². The number of anilines is 1. The lowest BCUT2D eigenvalue weighted by Crippen LogP contribution is -2.19. The lowest BCUT2D eigenvalue weighted by Gasteiger charge is -2.16. The molecule has 34 heavy (non-hydrogen) atoms. The zero-order valence-corrected chi connectivity index (χ0v) is 22.6. The molecular formula is C23H26BrN5O3S2. The smallest absolute Gasteiger partial charge is 0.250 e. The minimum absolute atomic E-state index is 0.157. The van der Waals surface area contributed by atoms with Crippen LogP contribution in [0.15, 0.2) is 38.2 Å². The molecule has 1 heterocycles. The van der Waals surface area contributed by atoms with E-state index in [1.165, 1.54) is 39.8 Å². The molecule has 1 aromatic heterocycles. The van der Waals surface area contributed by atoms with E-state index >= 15 is 0 Å². The Bertz CT molecular complexity index is 1200. The van der Waals surface area contributed by atoms with E-state index in [4.69, 9.17) is 15.2 Å². The molecule has 8 nitrogen and oxygen atoms in total. The Morgan fingerprint density at radius 1 is 1.18 bits per heavy atom. The van der Waals surface area contributed by atoms with Crippen molar-refractivity contribution in [3.63, 3.8) is 0 Å². The number of nitrogens with zero attached hydrogens (tertiary/aromatic N) is 3. The van der Waals surface area contributed by atoms with E-state index in [-0.39, 0.29) is 11.7 Å². The molecule has 0 fully saturated rings. The van der Waals surface area contributed by atoms with Crippen LogP contribution in [0.2, 0.25) is 0 Å². The van der Waals surface area contributed by atoms with Gasteiger partial charge in [-0.05, 0) is 83.6 Å². The fraction of sp³-hybridized carbons (Fsp3) is 0.304. The van der Waals surface area contributed by atoms with Gasteiger partial charge in [-0.25, -0.2) is 5.43 Å². The summed E-state index contributed by atoms with van der Waals surface area (Å²) in [5.74, 6) is 1.11. The molecular weight excluding hydrogens is 538 g/mol.